The molecule has 0 spiro atoms. The van der Waals surface area contributed by atoms with Gasteiger partial charge in [0.2, 0.25) is 0 Å². The van der Waals surface area contributed by atoms with E-state index in [2.05, 4.69) is 13.8 Å². The summed E-state index contributed by atoms with van der Waals surface area (Å²) in [5.74, 6) is 0.528. The molecule has 0 bridgehead atoms. The number of rotatable bonds is 8. The molecule has 1 aliphatic heterocycles. The quantitative estimate of drug-likeness (QED) is 0.311. The van der Waals surface area contributed by atoms with E-state index in [1.165, 1.54) is 25.7 Å². The number of ether oxygens (including phenoxy) is 1. The lowest BCUT2D eigenvalue weighted by Gasteiger charge is -2.37. The largest absolute Gasteiger partial charge is 0.507 e. The molecule has 2 aromatic rings. The van der Waals surface area contributed by atoms with E-state index in [1.54, 1.807) is 0 Å². The summed E-state index contributed by atoms with van der Waals surface area (Å²) >= 11 is 0. The Morgan fingerprint density at radius 1 is 1.11 bits per heavy atom. The van der Waals surface area contributed by atoms with Gasteiger partial charge in [0, 0.05) is 23.1 Å². The number of aromatic nitrogens is 1. The molecular weight excluding hydrogens is 350 g/mol. The average Bonchev–Trinajstić information content (AvgIpc) is 2.67. The van der Waals surface area contributed by atoms with E-state index in [1.807, 2.05) is 48.3 Å². The van der Waals surface area contributed by atoms with E-state index >= 15 is 0 Å². The van der Waals surface area contributed by atoms with Crippen molar-refractivity contribution in [2.75, 3.05) is 0 Å². The highest BCUT2D eigenvalue weighted by atomic mass is 16.5. The van der Waals surface area contributed by atoms with Gasteiger partial charge in [-0.3, -0.25) is 4.79 Å². The molecule has 0 radical (unpaired) electrons. The number of fused-ring (bicyclic) bond motifs is 1. The van der Waals surface area contributed by atoms with Gasteiger partial charge in [-0.2, -0.15) is 0 Å². The summed E-state index contributed by atoms with van der Waals surface area (Å²) in [5, 5.41) is 11.0. The standard InChI is InChI=1S/C24H31NO3/c1-4-6-7-8-9-10-18-15-20(26)23-21(16-18)28-22(27)17-24(23,5-2)19-11-13-25(3)14-12-19/h11-16H,4-10,17H2,1-3H3/p+1. The molecule has 28 heavy (non-hydrogen) atoms. The molecule has 1 unspecified atom stereocenters. The number of benzene rings is 1. The number of carbonyl (C=O) groups excluding carboxylic acids is 1. The van der Waals surface area contributed by atoms with Gasteiger partial charge < -0.3 is 9.84 Å². The monoisotopic (exact) mass is 382 g/mol. The summed E-state index contributed by atoms with van der Waals surface area (Å²) in [6, 6.07) is 7.89. The molecule has 1 atom stereocenters. The van der Waals surface area contributed by atoms with Gasteiger partial charge in [0.25, 0.3) is 0 Å². The molecule has 0 saturated heterocycles. The minimum Gasteiger partial charge on any atom is -0.507 e. The topological polar surface area (TPSA) is 50.4 Å². The van der Waals surface area contributed by atoms with Crippen LogP contribution < -0.4 is 9.30 Å². The van der Waals surface area contributed by atoms with Gasteiger partial charge in [-0.25, -0.2) is 4.57 Å². The number of pyridine rings is 1. The molecule has 150 valence electrons. The van der Waals surface area contributed by atoms with Crippen molar-refractivity contribution in [3.63, 3.8) is 0 Å². The maximum Gasteiger partial charge on any atom is 0.312 e. The van der Waals surface area contributed by atoms with E-state index in [9.17, 15) is 9.90 Å². The smallest absolute Gasteiger partial charge is 0.312 e. The van der Waals surface area contributed by atoms with Gasteiger partial charge >= 0.3 is 5.97 Å². The molecule has 2 heterocycles. The minimum atomic E-state index is -0.553. The number of hydrogen-bond donors (Lipinski definition) is 1. The summed E-state index contributed by atoms with van der Waals surface area (Å²) in [4.78, 5) is 12.5. The van der Waals surface area contributed by atoms with Gasteiger partial charge in [0.15, 0.2) is 12.4 Å². The van der Waals surface area contributed by atoms with Crippen LogP contribution in [0.5, 0.6) is 11.5 Å². The Kier molecular flexibility index (Phi) is 6.38. The van der Waals surface area contributed by atoms with E-state index in [0.29, 0.717) is 12.2 Å². The second-order valence-corrected chi connectivity index (χ2v) is 7.99. The van der Waals surface area contributed by atoms with Gasteiger partial charge in [0.05, 0.1) is 6.42 Å². The second-order valence-electron chi connectivity index (χ2n) is 7.99. The molecule has 1 aromatic carbocycles. The summed E-state index contributed by atoms with van der Waals surface area (Å²) in [7, 11) is 1.97. The van der Waals surface area contributed by atoms with Crippen molar-refractivity contribution in [1.82, 2.24) is 0 Å². The van der Waals surface area contributed by atoms with Crippen LogP contribution in [0.25, 0.3) is 0 Å². The first-order chi connectivity index (χ1) is 13.5. The summed E-state index contributed by atoms with van der Waals surface area (Å²) < 4.78 is 7.57. The van der Waals surface area contributed by atoms with Crippen LogP contribution in [0.3, 0.4) is 0 Å². The van der Waals surface area contributed by atoms with Crippen molar-refractivity contribution in [2.45, 2.75) is 70.6 Å². The lowest BCUT2D eigenvalue weighted by atomic mass is 9.68. The Labute approximate surface area is 168 Å². The molecule has 1 N–H and O–H groups in total. The third-order valence-electron chi connectivity index (χ3n) is 5.99. The normalized spacial score (nSPS) is 18.6. The van der Waals surface area contributed by atoms with Gasteiger partial charge in [0.1, 0.15) is 18.5 Å². The maximum absolute atomic E-state index is 12.5. The summed E-state index contributed by atoms with van der Waals surface area (Å²) in [5.41, 5.74) is 2.27. The lowest BCUT2D eigenvalue weighted by molar-refractivity contribution is -0.671. The van der Waals surface area contributed by atoms with E-state index in [0.717, 1.165) is 29.5 Å². The number of phenols is 1. The van der Waals surface area contributed by atoms with Crippen LogP contribution in [-0.2, 0) is 23.7 Å². The molecule has 3 rings (SSSR count). The van der Waals surface area contributed by atoms with Crippen LogP contribution in [-0.4, -0.2) is 11.1 Å². The first kappa shape index (κ1) is 20.4. The molecule has 0 aliphatic carbocycles. The highest BCUT2D eigenvalue weighted by Gasteiger charge is 2.44. The first-order valence-electron chi connectivity index (χ1n) is 10.5. The van der Waals surface area contributed by atoms with Crippen LogP contribution in [0.4, 0.5) is 0 Å². The molecule has 1 aromatic heterocycles. The number of hydrogen-bond acceptors (Lipinski definition) is 3. The number of nitrogens with zero attached hydrogens (tertiary/aromatic N) is 1. The average molecular weight is 383 g/mol. The Balaban J connectivity index is 1.95. The van der Waals surface area contributed by atoms with E-state index in [4.69, 9.17) is 4.74 Å². The Morgan fingerprint density at radius 3 is 2.50 bits per heavy atom. The third-order valence-corrected chi connectivity index (χ3v) is 5.99. The molecule has 0 saturated carbocycles. The number of esters is 1. The first-order valence-corrected chi connectivity index (χ1v) is 10.5. The molecule has 0 fully saturated rings. The fraction of sp³-hybridized carbons (Fsp3) is 0.500. The molecule has 4 nitrogen and oxygen atoms in total. The Bertz CT molecular complexity index is 828. The number of aromatic hydroxyl groups is 1. The SMILES string of the molecule is CCCCCCCc1cc(O)c2c(c1)OC(=O)CC2(CC)c1cc[n+](C)cc1. The summed E-state index contributed by atoms with van der Waals surface area (Å²) in [6.07, 6.45) is 11.8. The zero-order chi connectivity index (χ0) is 20.1. The zero-order valence-corrected chi connectivity index (χ0v) is 17.3. The molecule has 1 aliphatic rings. The second kappa shape index (κ2) is 8.76. The van der Waals surface area contributed by atoms with Crippen molar-refractivity contribution < 1.29 is 19.2 Å². The van der Waals surface area contributed by atoms with Crippen molar-refractivity contribution in [3.05, 3.63) is 53.3 Å². The highest BCUT2D eigenvalue weighted by molar-refractivity contribution is 5.80. The van der Waals surface area contributed by atoms with E-state index in [-0.39, 0.29) is 18.1 Å². The van der Waals surface area contributed by atoms with Gasteiger partial charge in [-0.15, -0.1) is 0 Å². The number of phenolic OH excluding ortho intramolecular Hbond substituents is 1. The predicted octanol–water partition coefficient (Wildman–Crippen LogP) is 4.73. The van der Waals surface area contributed by atoms with Crippen LogP contribution in [0.2, 0.25) is 0 Å². The van der Waals surface area contributed by atoms with Gasteiger partial charge in [-0.1, -0.05) is 39.5 Å². The lowest BCUT2D eigenvalue weighted by Crippen LogP contribution is -2.38. The fourth-order valence-corrected chi connectivity index (χ4v) is 4.36. The fourth-order valence-electron chi connectivity index (χ4n) is 4.36. The maximum atomic E-state index is 12.5. The predicted molar refractivity (Wildman–Crippen MR) is 110 cm³/mol. The molecule has 0 amide bonds. The van der Waals surface area contributed by atoms with Crippen LogP contribution in [0.15, 0.2) is 36.7 Å². The Hall–Kier alpha value is -2.36. The zero-order valence-electron chi connectivity index (χ0n) is 17.3. The number of carbonyl (C=O) groups is 1. The third kappa shape index (κ3) is 4.06. The van der Waals surface area contributed by atoms with Gasteiger partial charge in [-0.05, 0) is 42.5 Å². The number of aryl methyl sites for hydroxylation is 2. The summed E-state index contributed by atoms with van der Waals surface area (Å²) in [6.45, 7) is 4.28. The minimum absolute atomic E-state index is 0.234. The molecular formula is C24H32NO3+. The van der Waals surface area contributed by atoms with Crippen molar-refractivity contribution in [3.8, 4) is 11.5 Å². The van der Waals surface area contributed by atoms with Crippen molar-refractivity contribution >= 4 is 5.97 Å². The van der Waals surface area contributed by atoms with E-state index < -0.39 is 5.41 Å². The number of unbranched alkanes of at least 4 members (excludes halogenated alkanes) is 4. The van der Waals surface area contributed by atoms with Crippen molar-refractivity contribution in [1.29, 1.82) is 0 Å². The Morgan fingerprint density at radius 2 is 1.82 bits per heavy atom. The van der Waals surface area contributed by atoms with Crippen molar-refractivity contribution in [2.24, 2.45) is 7.05 Å². The molecule has 4 heteroatoms. The van der Waals surface area contributed by atoms with Crippen LogP contribution in [0.1, 0.15) is 75.5 Å². The van der Waals surface area contributed by atoms with Crippen LogP contribution in [0, 0.1) is 0 Å². The van der Waals surface area contributed by atoms with Crippen LogP contribution >= 0.6 is 0 Å². The highest BCUT2D eigenvalue weighted by Crippen LogP contribution is 2.50.